The van der Waals surface area contributed by atoms with E-state index in [1.54, 1.807) is 26.4 Å². The van der Waals surface area contributed by atoms with Crippen molar-refractivity contribution in [1.29, 1.82) is 0 Å². The third kappa shape index (κ3) is 4.30. The maximum atomic E-state index is 12.3. The van der Waals surface area contributed by atoms with Crippen LogP contribution in [0, 0.1) is 18.8 Å². The first-order valence-electron chi connectivity index (χ1n) is 7.55. The van der Waals surface area contributed by atoms with E-state index in [-0.39, 0.29) is 29.4 Å². The molecule has 0 bridgehead atoms. The van der Waals surface area contributed by atoms with E-state index >= 15 is 0 Å². The third-order valence-electron chi connectivity index (χ3n) is 4.38. The van der Waals surface area contributed by atoms with Crippen LogP contribution in [0.15, 0.2) is 29.2 Å². The standard InChI is InChI=1S/C16H24O6S/c1-11-4-6-12(7-5-11)23(18,19)22-10-13-14(9-20-2)16(21-3)8-15(13)17/h4-7,13-17H,8-10H2,1-3H3/t13-,14-,15+,16-/m0/s1. The van der Waals surface area contributed by atoms with Gasteiger partial charge in [-0.1, -0.05) is 17.7 Å². The summed E-state index contributed by atoms with van der Waals surface area (Å²) in [5.41, 5.74) is 0.971. The van der Waals surface area contributed by atoms with Gasteiger partial charge in [0.1, 0.15) is 0 Å². The van der Waals surface area contributed by atoms with E-state index in [0.717, 1.165) is 5.56 Å². The second-order valence-corrected chi connectivity index (χ2v) is 7.53. The fourth-order valence-corrected chi connectivity index (χ4v) is 3.96. The number of ether oxygens (including phenoxy) is 2. The molecule has 1 aromatic rings. The SMILES string of the molecule is COC[C@H]1[C@H](COS(=O)(=O)c2ccc(C)cc2)[C@H](O)C[C@@H]1OC. The van der Waals surface area contributed by atoms with Crippen LogP contribution >= 0.6 is 0 Å². The van der Waals surface area contributed by atoms with Gasteiger partial charge in [0, 0.05) is 32.5 Å². The highest BCUT2D eigenvalue weighted by Gasteiger charge is 2.43. The molecule has 1 aliphatic carbocycles. The Hall–Kier alpha value is -0.990. The molecule has 1 fully saturated rings. The van der Waals surface area contributed by atoms with Gasteiger partial charge in [0.2, 0.25) is 0 Å². The Morgan fingerprint density at radius 2 is 1.78 bits per heavy atom. The molecule has 0 aromatic heterocycles. The van der Waals surface area contributed by atoms with Crippen molar-refractivity contribution >= 4 is 10.1 Å². The molecule has 1 saturated carbocycles. The van der Waals surface area contributed by atoms with Crippen LogP contribution in [0.5, 0.6) is 0 Å². The molecule has 1 aromatic carbocycles. The largest absolute Gasteiger partial charge is 0.393 e. The lowest BCUT2D eigenvalue weighted by molar-refractivity contribution is 0.00943. The molecule has 0 heterocycles. The van der Waals surface area contributed by atoms with Crippen LogP contribution in [0.1, 0.15) is 12.0 Å². The van der Waals surface area contributed by atoms with Gasteiger partial charge in [0.05, 0.1) is 30.3 Å². The number of hydrogen-bond acceptors (Lipinski definition) is 6. The second-order valence-electron chi connectivity index (χ2n) is 5.91. The van der Waals surface area contributed by atoms with Crippen LogP contribution in [-0.4, -0.2) is 53.2 Å². The van der Waals surface area contributed by atoms with Crippen molar-refractivity contribution in [2.45, 2.75) is 30.4 Å². The van der Waals surface area contributed by atoms with Crippen molar-refractivity contribution in [2.75, 3.05) is 27.4 Å². The lowest BCUT2D eigenvalue weighted by atomic mass is 9.95. The summed E-state index contributed by atoms with van der Waals surface area (Å²) in [5.74, 6) is -0.451. The molecule has 7 heteroatoms. The van der Waals surface area contributed by atoms with Crippen LogP contribution in [-0.2, 0) is 23.8 Å². The third-order valence-corrected chi connectivity index (χ3v) is 5.68. The molecule has 6 nitrogen and oxygen atoms in total. The van der Waals surface area contributed by atoms with Crippen molar-refractivity contribution in [3.63, 3.8) is 0 Å². The van der Waals surface area contributed by atoms with Crippen LogP contribution < -0.4 is 0 Å². The predicted octanol–water partition coefficient (Wildman–Crippen LogP) is 1.36. The van der Waals surface area contributed by atoms with Gasteiger partial charge in [-0.15, -0.1) is 0 Å². The fraction of sp³-hybridized carbons (Fsp3) is 0.625. The van der Waals surface area contributed by atoms with Gasteiger partial charge in [-0.2, -0.15) is 8.42 Å². The number of aryl methyl sites for hydroxylation is 1. The predicted molar refractivity (Wildman–Crippen MR) is 84.6 cm³/mol. The average Bonchev–Trinajstić information content (AvgIpc) is 2.81. The Morgan fingerprint density at radius 3 is 2.35 bits per heavy atom. The van der Waals surface area contributed by atoms with Crippen molar-refractivity contribution in [3.8, 4) is 0 Å². The zero-order valence-electron chi connectivity index (χ0n) is 13.6. The highest BCUT2D eigenvalue weighted by Crippen LogP contribution is 2.35. The molecule has 1 N–H and O–H groups in total. The summed E-state index contributed by atoms with van der Waals surface area (Å²) in [7, 11) is -0.700. The maximum absolute atomic E-state index is 12.3. The normalized spacial score (nSPS) is 28.2. The lowest BCUT2D eigenvalue weighted by Crippen LogP contribution is -2.31. The van der Waals surface area contributed by atoms with E-state index in [0.29, 0.717) is 13.0 Å². The zero-order chi connectivity index (χ0) is 17.0. The molecule has 4 atom stereocenters. The highest BCUT2D eigenvalue weighted by molar-refractivity contribution is 7.86. The van der Waals surface area contributed by atoms with Gasteiger partial charge in [-0.3, -0.25) is 4.18 Å². The first-order chi connectivity index (χ1) is 10.9. The minimum atomic E-state index is -3.84. The molecule has 1 aliphatic rings. The Bertz CT molecular complexity index is 598. The number of aliphatic hydroxyl groups is 1. The summed E-state index contributed by atoms with van der Waals surface area (Å²) in [6.45, 7) is 2.17. The summed E-state index contributed by atoms with van der Waals surface area (Å²) in [5, 5.41) is 10.2. The lowest BCUT2D eigenvalue weighted by Gasteiger charge is -2.23. The number of benzene rings is 1. The first-order valence-corrected chi connectivity index (χ1v) is 8.95. The van der Waals surface area contributed by atoms with Crippen LogP contribution in [0.2, 0.25) is 0 Å². The number of methoxy groups -OCH3 is 2. The summed E-state index contributed by atoms with van der Waals surface area (Å²) >= 11 is 0. The monoisotopic (exact) mass is 344 g/mol. The van der Waals surface area contributed by atoms with E-state index in [1.807, 2.05) is 6.92 Å². The molecule has 0 spiro atoms. The topological polar surface area (TPSA) is 82.1 Å². The van der Waals surface area contributed by atoms with Crippen LogP contribution in [0.3, 0.4) is 0 Å². The molecule has 23 heavy (non-hydrogen) atoms. The smallest absolute Gasteiger partial charge is 0.296 e. The quantitative estimate of drug-likeness (QED) is 0.752. The van der Waals surface area contributed by atoms with Gasteiger partial charge >= 0.3 is 0 Å². The van der Waals surface area contributed by atoms with Gasteiger partial charge in [-0.05, 0) is 19.1 Å². The van der Waals surface area contributed by atoms with Gasteiger partial charge in [0.15, 0.2) is 0 Å². The highest BCUT2D eigenvalue weighted by atomic mass is 32.2. The Kier molecular flexibility index (Phi) is 6.16. The average molecular weight is 344 g/mol. The van der Waals surface area contributed by atoms with Crippen molar-refractivity contribution < 1.29 is 27.2 Å². The van der Waals surface area contributed by atoms with E-state index in [2.05, 4.69) is 0 Å². The first kappa shape index (κ1) is 18.4. The molecular formula is C16H24O6S. The molecular weight excluding hydrogens is 320 g/mol. The van der Waals surface area contributed by atoms with Crippen molar-refractivity contribution in [3.05, 3.63) is 29.8 Å². The molecule has 0 aliphatic heterocycles. The number of rotatable bonds is 7. The number of aliphatic hydroxyl groups excluding tert-OH is 1. The molecule has 0 radical (unpaired) electrons. The summed E-state index contributed by atoms with van der Waals surface area (Å²) in [6.07, 6.45) is -0.391. The van der Waals surface area contributed by atoms with Crippen molar-refractivity contribution in [2.24, 2.45) is 11.8 Å². The molecule has 0 saturated heterocycles. The van der Waals surface area contributed by atoms with Gasteiger partial charge < -0.3 is 14.6 Å². The molecule has 130 valence electrons. The molecule has 2 rings (SSSR count). The molecule has 0 amide bonds. The van der Waals surface area contributed by atoms with E-state index in [4.69, 9.17) is 13.7 Å². The van der Waals surface area contributed by atoms with Crippen LogP contribution in [0.25, 0.3) is 0 Å². The Labute approximate surface area is 137 Å². The van der Waals surface area contributed by atoms with Crippen molar-refractivity contribution in [1.82, 2.24) is 0 Å². The Balaban J connectivity index is 2.07. The second kappa shape index (κ2) is 7.72. The summed E-state index contributed by atoms with van der Waals surface area (Å²) in [6, 6.07) is 6.46. The van der Waals surface area contributed by atoms with Crippen LogP contribution in [0.4, 0.5) is 0 Å². The van der Waals surface area contributed by atoms with E-state index in [1.165, 1.54) is 12.1 Å². The van der Waals surface area contributed by atoms with E-state index in [9.17, 15) is 13.5 Å². The summed E-state index contributed by atoms with van der Waals surface area (Å²) < 4.78 is 40.2. The molecule has 0 unspecified atom stereocenters. The fourth-order valence-electron chi connectivity index (χ4n) is 3.02. The zero-order valence-corrected chi connectivity index (χ0v) is 14.5. The van der Waals surface area contributed by atoms with Gasteiger partial charge in [0.25, 0.3) is 10.1 Å². The number of hydrogen-bond donors (Lipinski definition) is 1. The Morgan fingerprint density at radius 1 is 1.13 bits per heavy atom. The maximum Gasteiger partial charge on any atom is 0.296 e. The summed E-state index contributed by atoms with van der Waals surface area (Å²) in [4.78, 5) is 0.113. The minimum Gasteiger partial charge on any atom is -0.393 e. The minimum absolute atomic E-state index is 0.0920. The van der Waals surface area contributed by atoms with Gasteiger partial charge in [-0.25, -0.2) is 0 Å². The van der Waals surface area contributed by atoms with E-state index < -0.39 is 16.2 Å².